The van der Waals surface area contributed by atoms with E-state index in [9.17, 15) is 0 Å². The third-order valence-corrected chi connectivity index (χ3v) is 5.61. The summed E-state index contributed by atoms with van der Waals surface area (Å²) >= 11 is 0. The van der Waals surface area contributed by atoms with Crippen molar-refractivity contribution in [2.24, 2.45) is 12.0 Å². The van der Waals surface area contributed by atoms with Crippen LogP contribution in [0, 0.1) is 13.8 Å². The van der Waals surface area contributed by atoms with Gasteiger partial charge in [-0.15, -0.1) is 24.0 Å². The van der Waals surface area contributed by atoms with E-state index in [4.69, 9.17) is 9.73 Å². The molecule has 166 valence electrons. The zero-order chi connectivity index (χ0) is 20.8. The van der Waals surface area contributed by atoms with Gasteiger partial charge in [-0.3, -0.25) is 9.67 Å². The molecule has 1 aromatic heterocycles. The summed E-state index contributed by atoms with van der Waals surface area (Å²) in [7, 11) is 3.71. The lowest BCUT2D eigenvalue weighted by molar-refractivity contribution is 0.372. The summed E-state index contributed by atoms with van der Waals surface area (Å²) in [6.07, 6.45) is 0.921. The summed E-state index contributed by atoms with van der Waals surface area (Å²) in [5.41, 5.74) is 4.87. The van der Waals surface area contributed by atoms with Crippen molar-refractivity contribution in [2.75, 3.05) is 51.3 Å². The number of hydrogen-bond donors (Lipinski definition) is 1. The highest BCUT2D eigenvalue weighted by atomic mass is 127. The van der Waals surface area contributed by atoms with Gasteiger partial charge in [0.25, 0.3) is 0 Å². The quantitative estimate of drug-likeness (QED) is 0.357. The van der Waals surface area contributed by atoms with Crippen LogP contribution < -0.4 is 15.0 Å². The predicted octanol–water partition coefficient (Wildman–Crippen LogP) is 2.99. The number of hydrogen-bond acceptors (Lipinski definition) is 4. The predicted molar refractivity (Wildman–Crippen MR) is 135 cm³/mol. The Hall–Kier alpha value is -1.97. The zero-order valence-corrected chi connectivity index (χ0v) is 21.1. The molecule has 1 saturated heterocycles. The number of aliphatic imine (C=N–C) groups is 1. The molecule has 0 unspecified atom stereocenters. The highest BCUT2D eigenvalue weighted by Gasteiger charge is 2.20. The lowest BCUT2D eigenvalue weighted by Gasteiger charge is -2.37. The minimum absolute atomic E-state index is 0. The number of methoxy groups -OCH3 is 1. The number of benzene rings is 1. The second kappa shape index (κ2) is 11.4. The fraction of sp³-hybridized carbons (Fsp3) is 0.545. The lowest BCUT2D eigenvalue weighted by Crippen LogP contribution is -2.52. The van der Waals surface area contributed by atoms with E-state index in [-0.39, 0.29) is 24.0 Å². The zero-order valence-electron chi connectivity index (χ0n) is 18.8. The minimum atomic E-state index is 0. The second-order valence-electron chi connectivity index (χ2n) is 7.43. The highest BCUT2D eigenvalue weighted by molar-refractivity contribution is 14.0. The first-order valence-electron chi connectivity index (χ1n) is 10.4. The van der Waals surface area contributed by atoms with Gasteiger partial charge >= 0.3 is 0 Å². The van der Waals surface area contributed by atoms with Gasteiger partial charge in [-0.1, -0.05) is 6.07 Å². The van der Waals surface area contributed by atoms with Crippen LogP contribution in [0.3, 0.4) is 0 Å². The number of nitrogens with one attached hydrogen (secondary N) is 1. The maximum Gasteiger partial charge on any atom is 0.194 e. The molecule has 1 aromatic carbocycles. The van der Waals surface area contributed by atoms with Crippen molar-refractivity contribution in [1.82, 2.24) is 20.0 Å². The van der Waals surface area contributed by atoms with Crippen molar-refractivity contribution in [1.29, 1.82) is 0 Å². The number of guanidine groups is 1. The number of ether oxygens (including phenoxy) is 1. The summed E-state index contributed by atoms with van der Waals surface area (Å²) in [4.78, 5) is 9.68. The molecule has 8 heteroatoms. The van der Waals surface area contributed by atoms with Crippen LogP contribution in [0.5, 0.6) is 5.75 Å². The number of halogens is 1. The topological polar surface area (TPSA) is 57.9 Å². The van der Waals surface area contributed by atoms with E-state index < -0.39 is 0 Å². The fourth-order valence-corrected chi connectivity index (χ4v) is 3.86. The van der Waals surface area contributed by atoms with Gasteiger partial charge in [0.15, 0.2) is 5.96 Å². The Morgan fingerprint density at radius 3 is 2.53 bits per heavy atom. The second-order valence-corrected chi connectivity index (χ2v) is 7.43. The molecule has 1 fully saturated rings. The van der Waals surface area contributed by atoms with E-state index in [2.05, 4.69) is 59.2 Å². The van der Waals surface area contributed by atoms with E-state index in [1.807, 2.05) is 17.8 Å². The standard InChI is InChI=1S/C22H34N6O.HI/c1-6-23-22(24-11-10-21-17(2)25-26(4)18(21)3)28-14-12-27(13-15-28)19-8-7-9-20(16-19)29-5;/h7-9,16H,6,10-15H2,1-5H3,(H,23,24);1H. The summed E-state index contributed by atoms with van der Waals surface area (Å²) in [5.74, 6) is 1.91. The third-order valence-electron chi connectivity index (χ3n) is 5.61. The average molecular weight is 526 g/mol. The smallest absolute Gasteiger partial charge is 0.194 e. The number of aromatic nitrogens is 2. The molecule has 0 spiro atoms. The van der Waals surface area contributed by atoms with E-state index in [0.29, 0.717) is 0 Å². The van der Waals surface area contributed by atoms with E-state index in [0.717, 1.165) is 63.1 Å². The molecule has 0 saturated carbocycles. The number of piperazine rings is 1. The van der Waals surface area contributed by atoms with Crippen LogP contribution in [-0.2, 0) is 13.5 Å². The Morgan fingerprint density at radius 2 is 1.93 bits per heavy atom. The Balaban J connectivity index is 0.00000320. The molecule has 3 rings (SSSR count). The van der Waals surface area contributed by atoms with Crippen LogP contribution >= 0.6 is 24.0 Å². The van der Waals surface area contributed by atoms with Gasteiger partial charge in [0, 0.05) is 63.8 Å². The Bertz CT molecular complexity index is 842. The summed E-state index contributed by atoms with van der Waals surface area (Å²) in [6, 6.07) is 8.29. The molecule has 1 aliphatic heterocycles. The normalized spacial score (nSPS) is 14.5. The largest absolute Gasteiger partial charge is 0.497 e. The van der Waals surface area contributed by atoms with Crippen LogP contribution in [-0.4, -0.2) is 67.0 Å². The van der Waals surface area contributed by atoms with E-state index >= 15 is 0 Å². The van der Waals surface area contributed by atoms with Crippen molar-refractivity contribution in [2.45, 2.75) is 27.2 Å². The van der Waals surface area contributed by atoms with Crippen LogP contribution in [0.2, 0.25) is 0 Å². The van der Waals surface area contributed by atoms with Crippen molar-refractivity contribution < 1.29 is 4.74 Å². The minimum Gasteiger partial charge on any atom is -0.497 e. The van der Waals surface area contributed by atoms with E-state index in [1.54, 1.807) is 7.11 Å². The van der Waals surface area contributed by atoms with Crippen LogP contribution in [0.1, 0.15) is 23.9 Å². The van der Waals surface area contributed by atoms with Crippen molar-refractivity contribution in [3.8, 4) is 5.75 Å². The van der Waals surface area contributed by atoms with Crippen LogP contribution in [0.25, 0.3) is 0 Å². The Labute approximate surface area is 197 Å². The number of rotatable bonds is 6. The van der Waals surface area contributed by atoms with Gasteiger partial charge < -0.3 is 19.9 Å². The molecule has 0 aliphatic carbocycles. The number of aryl methyl sites for hydroxylation is 2. The molecule has 0 bridgehead atoms. The van der Waals surface area contributed by atoms with Gasteiger partial charge in [-0.2, -0.15) is 5.10 Å². The SMILES string of the molecule is CCNC(=NCCc1c(C)nn(C)c1C)N1CCN(c2cccc(OC)c2)CC1.I. The molecule has 2 heterocycles. The number of anilines is 1. The van der Waals surface area contributed by atoms with Crippen molar-refractivity contribution in [3.63, 3.8) is 0 Å². The monoisotopic (exact) mass is 526 g/mol. The maximum atomic E-state index is 5.36. The first kappa shape index (κ1) is 24.3. The molecule has 2 aromatic rings. The van der Waals surface area contributed by atoms with Gasteiger partial charge in [0.05, 0.1) is 12.8 Å². The highest BCUT2D eigenvalue weighted by Crippen LogP contribution is 2.22. The fourth-order valence-electron chi connectivity index (χ4n) is 3.86. The molecular formula is C22H35IN6O. The first-order valence-corrected chi connectivity index (χ1v) is 10.4. The van der Waals surface area contributed by atoms with Gasteiger partial charge in [0.2, 0.25) is 0 Å². The third kappa shape index (κ3) is 5.80. The summed E-state index contributed by atoms with van der Waals surface area (Å²) in [5, 5.41) is 7.97. The molecule has 0 radical (unpaired) electrons. The van der Waals surface area contributed by atoms with Crippen molar-refractivity contribution >= 4 is 35.6 Å². The molecule has 30 heavy (non-hydrogen) atoms. The van der Waals surface area contributed by atoms with Crippen LogP contribution in [0.4, 0.5) is 5.69 Å². The lowest BCUT2D eigenvalue weighted by atomic mass is 10.1. The summed E-state index contributed by atoms with van der Waals surface area (Å²) < 4.78 is 7.32. The Morgan fingerprint density at radius 1 is 1.20 bits per heavy atom. The molecule has 0 atom stereocenters. The van der Waals surface area contributed by atoms with Gasteiger partial charge in [0.1, 0.15) is 5.75 Å². The molecule has 0 amide bonds. The van der Waals surface area contributed by atoms with Gasteiger partial charge in [-0.25, -0.2) is 0 Å². The molecular weight excluding hydrogens is 491 g/mol. The van der Waals surface area contributed by atoms with Crippen LogP contribution in [0.15, 0.2) is 29.3 Å². The number of nitrogens with zero attached hydrogens (tertiary/aromatic N) is 5. The van der Waals surface area contributed by atoms with E-state index in [1.165, 1.54) is 16.9 Å². The average Bonchev–Trinajstić information content (AvgIpc) is 2.99. The molecule has 7 nitrogen and oxygen atoms in total. The maximum absolute atomic E-state index is 5.36. The van der Waals surface area contributed by atoms with Gasteiger partial charge in [-0.05, 0) is 44.9 Å². The molecule has 1 N–H and O–H groups in total. The first-order chi connectivity index (χ1) is 14.0. The summed E-state index contributed by atoms with van der Waals surface area (Å²) in [6.45, 7) is 11.8. The Kier molecular flexibility index (Phi) is 9.26. The molecule has 1 aliphatic rings. The van der Waals surface area contributed by atoms with Crippen molar-refractivity contribution in [3.05, 3.63) is 41.2 Å².